The number of nitrogens with zero attached hydrogens (tertiary/aromatic N) is 4. The molecule has 0 fully saturated rings. The average Bonchev–Trinajstić information content (AvgIpc) is 2.37. The highest BCUT2D eigenvalue weighted by Gasteiger charge is 2.19. The van der Waals surface area contributed by atoms with Crippen LogP contribution < -0.4 is 16.8 Å². The van der Waals surface area contributed by atoms with Gasteiger partial charge in [-0.15, -0.1) is 0 Å². The first-order valence-electron chi connectivity index (χ1n) is 5.23. The first kappa shape index (κ1) is 13.9. The second-order valence-corrected chi connectivity index (χ2v) is 4.56. The molecule has 0 saturated carbocycles. The second-order valence-electron chi connectivity index (χ2n) is 3.58. The molecule has 0 atom stereocenters. The maximum atomic E-state index is 11.3. The van der Waals surface area contributed by atoms with Gasteiger partial charge < -0.3 is 4.98 Å². The van der Waals surface area contributed by atoms with Gasteiger partial charge in [0.1, 0.15) is 6.20 Å². The molecule has 0 aromatic carbocycles. The van der Waals surface area contributed by atoms with Crippen molar-refractivity contribution in [3.63, 3.8) is 0 Å². The Morgan fingerprint density at radius 3 is 2.85 bits per heavy atom. The number of anilines is 1. The Labute approximate surface area is 116 Å². The van der Waals surface area contributed by atoms with Crippen LogP contribution in [0.25, 0.3) is 0 Å². The molecule has 0 aliphatic carbocycles. The molecule has 20 heavy (non-hydrogen) atoms. The van der Waals surface area contributed by atoms with E-state index in [0.717, 1.165) is 18.0 Å². The predicted octanol–water partition coefficient (Wildman–Crippen LogP) is 0.213. The number of nitrogens with two attached hydrogens (primary N) is 1. The molecule has 2 aromatic heterocycles. The van der Waals surface area contributed by atoms with Crippen molar-refractivity contribution in [3.8, 4) is 0 Å². The third kappa shape index (κ3) is 3.07. The smallest absolute Gasteiger partial charge is 0.301 e. The molecule has 0 aliphatic heterocycles. The van der Waals surface area contributed by atoms with Gasteiger partial charge in [-0.25, -0.2) is 15.8 Å². The van der Waals surface area contributed by atoms with E-state index in [9.17, 15) is 14.9 Å². The summed E-state index contributed by atoms with van der Waals surface area (Å²) in [6.45, 7) is 1.64. The van der Waals surface area contributed by atoms with Crippen molar-refractivity contribution in [2.45, 2.75) is 17.1 Å². The van der Waals surface area contributed by atoms with Gasteiger partial charge >= 0.3 is 5.69 Å². The summed E-state index contributed by atoms with van der Waals surface area (Å²) in [4.78, 5) is 35.7. The standard InChI is InChI=1S/C9H9N7O3S/c1-4-2-6(17)13-9(12-4)20-7-5(16(18)19)3-11-8(14-7)15-10/h2-3H,10H2,1H3,(H,11,14,15)(H,12,13,17). The van der Waals surface area contributed by atoms with Crippen LogP contribution in [0.1, 0.15) is 5.69 Å². The summed E-state index contributed by atoms with van der Waals surface area (Å²) in [7, 11) is 0. The SMILES string of the molecule is Cc1cc(=O)[nH]c(Sc2nc(NN)ncc2[N+](=O)[O-])n1. The van der Waals surface area contributed by atoms with Gasteiger partial charge in [-0.3, -0.25) is 20.3 Å². The molecular weight excluding hydrogens is 286 g/mol. The number of nitrogens with one attached hydrogen (secondary N) is 2. The number of hydrogen-bond acceptors (Lipinski definition) is 9. The molecule has 2 rings (SSSR count). The van der Waals surface area contributed by atoms with E-state index >= 15 is 0 Å². The number of rotatable bonds is 4. The van der Waals surface area contributed by atoms with E-state index in [-0.39, 0.29) is 27.4 Å². The van der Waals surface area contributed by atoms with E-state index in [1.54, 1.807) is 6.92 Å². The van der Waals surface area contributed by atoms with Crippen LogP contribution in [0.5, 0.6) is 0 Å². The highest BCUT2D eigenvalue weighted by molar-refractivity contribution is 7.99. The van der Waals surface area contributed by atoms with Crippen molar-refractivity contribution in [1.82, 2.24) is 19.9 Å². The molecule has 0 amide bonds. The number of aromatic amines is 1. The van der Waals surface area contributed by atoms with E-state index in [1.807, 2.05) is 0 Å². The zero-order valence-corrected chi connectivity index (χ0v) is 11.0. The predicted molar refractivity (Wildman–Crippen MR) is 70.2 cm³/mol. The van der Waals surface area contributed by atoms with Gasteiger partial charge in [0.25, 0.3) is 5.56 Å². The molecule has 2 aromatic rings. The van der Waals surface area contributed by atoms with Gasteiger partial charge in [0.2, 0.25) is 5.95 Å². The summed E-state index contributed by atoms with van der Waals surface area (Å²) in [5.74, 6) is 5.18. The Hall–Kier alpha value is -2.53. The van der Waals surface area contributed by atoms with Crippen LogP contribution in [0.4, 0.5) is 11.6 Å². The van der Waals surface area contributed by atoms with Crippen LogP contribution in [0.3, 0.4) is 0 Å². The van der Waals surface area contributed by atoms with Gasteiger partial charge in [0.05, 0.1) is 4.92 Å². The second kappa shape index (κ2) is 5.63. The minimum absolute atomic E-state index is 0.0201. The van der Waals surface area contributed by atoms with Crippen molar-refractivity contribution in [2.24, 2.45) is 5.84 Å². The summed E-state index contributed by atoms with van der Waals surface area (Å²) in [5.41, 5.74) is 2.02. The molecule has 0 spiro atoms. The molecule has 11 heteroatoms. The van der Waals surface area contributed by atoms with Gasteiger partial charge in [-0.05, 0) is 18.7 Å². The fourth-order valence-corrected chi connectivity index (χ4v) is 2.21. The van der Waals surface area contributed by atoms with Crippen LogP contribution in [0.2, 0.25) is 0 Å². The number of aryl methyl sites for hydroxylation is 1. The summed E-state index contributed by atoms with van der Waals surface area (Å²) >= 11 is 0.845. The molecule has 0 aliphatic rings. The lowest BCUT2D eigenvalue weighted by Gasteiger charge is -2.03. The third-order valence-electron chi connectivity index (χ3n) is 2.10. The van der Waals surface area contributed by atoms with E-state index in [2.05, 4.69) is 25.4 Å². The number of nitrogen functional groups attached to an aromatic ring is 1. The highest BCUT2D eigenvalue weighted by atomic mass is 32.2. The summed E-state index contributed by atoms with van der Waals surface area (Å²) in [6.07, 6.45) is 1.03. The number of H-pyrrole nitrogens is 1. The third-order valence-corrected chi connectivity index (χ3v) is 2.98. The van der Waals surface area contributed by atoms with E-state index in [1.165, 1.54) is 6.07 Å². The first-order valence-corrected chi connectivity index (χ1v) is 6.05. The minimum Gasteiger partial charge on any atom is -0.301 e. The van der Waals surface area contributed by atoms with Crippen molar-refractivity contribution in [3.05, 3.63) is 38.4 Å². The van der Waals surface area contributed by atoms with E-state index in [0.29, 0.717) is 5.69 Å². The Bertz CT molecular complexity index is 717. The van der Waals surface area contributed by atoms with Gasteiger partial charge in [-0.2, -0.15) is 4.98 Å². The van der Waals surface area contributed by atoms with Crippen LogP contribution in [-0.2, 0) is 0 Å². The van der Waals surface area contributed by atoms with Crippen LogP contribution in [-0.4, -0.2) is 24.9 Å². The van der Waals surface area contributed by atoms with Gasteiger partial charge in [0.15, 0.2) is 10.2 Å². The minimum atomic E-state index is -0.628. The lowest BCUT2D eigenvalue weighted by atomic mass is 10.5. The monoisotopic (exact) mass is 295 g/mol. The molecule has 2 heterocycles. The molecule has 0 bridgehead atoms. The fraction of sp³-hybridized carbons (Fsp3) is 0.111. The average molecular weight is 295 g/mol. The normalized spacial score (nSPS) is 10.3. The zero-order chi connectivity index (χ0) is 14.7. The lowest BCUT2D eigenvalue weighted by molar-refractivity contribution is -0.388. The largest absolute Gasteiger partial charge is 0.320 e. The molecule has 10 nitrogen and oxygen atoms in total. The van der Waals surface area contributed by atoms with Crippen molar-refractivity contribution >= 4 is 23.4 Å². The highest BCUT2D eigenvalue weighted by Crippen LogP contribution is 2.30. The van der Waals surface area contributed by atoms with Crippen molar-refractivity contribution < 1.29 is 4.92 Å². The molecular formula is C9H9N7O3S. The fourth-order valence-electron chi connectivity index (χ4n) is 1.32. The summed E-state index contributed by atoms with van der Waals surface area (Å²) in [5, 5.41) is 11.1. The van der Waals surface area contributed by atoms with E-state index in [4.69, 9.17) is 5.84 Å². The maximum Gasteiger partial charge on any atom is 0.320 e. The zero-order valence-electron chi connectivity index (χ0n) is 10.2. The summed E-state index contributed by atoms with van der Waals surface area (Å²) in [6, 6.07) is 1.31. The Morgan fingerprint density at radius 2 is 2.25 bits per heavy atom. The Balaban J connectivity index is 2.45. The van der Waals surface area contributed by atoms with Crippen molar-refractivity contribution in [2.75, 3.05) is 5.43 Å². The first-order chi connectivity index (χ1) is 9.49. The Morgan fingerprint density at radius 1 is 1.50 bits per heavy atom. The van der Waals surface area contributed by atoms with Crippen LogP contribution in [0, 0.1) is 17.0 Å². The number of hydrogen-bond donors (Lipinski definition) is 3. The maximum absolute atomic E-state index is 11.3. The molecule has 104 valence electrons. The summed E-state index contributed by atoms with van der Waals surface area (Å²) < 4.78 is 0. The number of aromatic nitrogens is 4. The molecule has 4 N–H and O–H groups in total. The molecule has 0 radical (unpaired) electrons. The Kier molecular flexibility index (Phi) is 3.91. The number of nitro groups is 1. The topological polar surface area (TPSA) is 153 Å². The van der Waals surface area contributed by atoms with Crippen LogP contribution in [0.15, 0.2) is 27.2 Å². The van der Waals surface area contributed by atoms with E-state index < -0.39 is 4.92 Å². The molecule has 0 unspecified atom stereocenters. The lowest BCUT2D eigenvalue weighted by Crippen LogP contribution is -2.12. The number of hydrazine groups is 1. The van der Waals surface area contributed by atoms with Crippen LogP contribution >= 0.6 is 11.8 Å². The quantitative estimate of drug-likeness (QED) is 0.236. The van der Waals surface area contributed by atoms with Gasteiger partial charge in [0, 0.05) is 11.8 Å². The van der Waals surface area contributed by atoms with Gasteiger partial charge in [-0.1, -0.05) is 0 Å². The molecule has 0 saturated heterocycles. The van der Waals surface area contributed by atoms with Crippen molar-refractivity contribution in [1.29, 1.82) is 0 Å².